The SMILES string of the molecule is O=C(CN1CCN(c2nc(-c3ccccc3)c3ccccc3n2)CC1)Nc1nncs1. The van der Waals surface area contributed by atoms with Crippen LogP contribution in [0, 0.1) is 0 Å². The quantitative estimate of drug-likeness (QED) is 0.520. The number of aromatic nitrogens is 4. The Morgan fingerprint density at radius 3 is 2.52 bits per heavy atom. The van der Waals surface area contributed by atoms with Gasteiger partial charge in [-0.2, -0.15) is 0 Å². The number of nitrogens with zero attached hydrogens (tertiary/aromatic N) is 6. The zero-order valence-corrected chi connectivity index (χ0v) is 17.6. The van der Waals surface area contributed by atoms with Gasteiger partial charge in [-0.25, -0.2) is 9.97 Å². The second-order valence-corrected chi connectivity index (χ2v) is 8.14. The smallest absolute Gasteiger partial charge is 0.240 e. The van der Waals surface area contributed by atoms with Crippen molar-refractivity contribution >= 4 is 39.2 Å². The molecule has 0 spiro atoms. The third kappa shape index (κ3) is 4.37. The van der Waals surface area contributed by atoms with E-state index < -0.39 is 0 Å². The van der Waals surface area contributed by atoms with Gasteiger partial charge in [0.15, 0.2) is 0 Å². The van der Waals surface area contributed by atoms with Gasteiger partial charge in [0.1, 0.15) is 5.51 Å². The summed E-state index contributed by atoms with van der Waals surface area (Å²) in [5.74, 6) is 0.661. The molecule has 1 fully saturated rings. The molecule has 1 aliphatic rings. The molecule has 31 heavy (non-hydrogen) atoms. The second kappa shape index (κ2) is 8.75. The summed E-state index contributed by atoms with van der Waals surface area (Å²) >= 11 is 1.31. The molecule has 0 aliphatic carbocycles. The van der Waals surface area contributed by atoms with Gasteiger partial charge in [0.25, 0.3) is 0 Å². The normalized spacial score (nSPS) is 14.6. The molecule has 2 aromatic heterocycles. The van der Waals surface area contributed by atoms with Crippen LogP contribution in [-0.2, 0) is 4.79 Å². The van der Waals surface area contributed by atoms with Crippen molar-refractivity contribution in [3.63, 3.8) is 0 Å². The molecular formula is C22H21N7OS. The van der Waals surface area contributed by atoms with Crippen LogP contribution in [0.3, 0.4) is 0 Å². The van der Waals surface area contributed by atoms with Gasteiger partial charge < -0.3 is 4.90 Å². The fourth-order valence-corrected chi connectivity index (χ4v) is 4.18. The first-order valence-electron chi connectivity index (χ1n) is 10.1. The van der Waals surface area contributed by atoms with Crippen LogP contribution in [0.4, 0.5) is 11.1 Å². The van der Waals surface area contributed by atoms with Crippen LogP contribution in [0.5, 0.6) is 0 Å². The number of anilines is 2. The number of amides is 1. The fourth-order valence-electron chi connectivity index (χ4n) is 3.72. The number of benzene rings is 2. The van der Waals surface area contributed by atoms with E-state index in [1.54, 1.807) is 5.51 Å². The zero-order valence-electron chi connectivity index (χ0n) is 16.8. The standard InChI is InChI=1S/C22H21N7OS/c30-19(25-22-27-23-15-31-22)14-28-10-12-29(13-11-28)21-24-18-9-5-4-8-17(18)20(26-21)16-6-2-1-3-7-16/h1-9,15H,10-14H2,(H,25,27,30). The summed E-state index contributed by atoms with van der Waals surface area (Å²) in [4.78, 5) is 26.3. The number of piperazine rings is 1. The van der Waals surface area contributed by atoms with Gasteiger partial charge in [-0.05, 0) is 6.07 Å². The molecule has 0 saturated carbocycles. The number of hydrogen-bond donors (Lipinski definition) is 1. The maximum Gasteiger partial charge on any atom is 0.240 e. The number of carbonyl (C=O) groups is 1. The molecule has 1 N–H and O–H groups in total. The molecule has 0 radical (unpaired) electrons. The molecular weight excluding hydrogens is 410 g/mol. The van der Waals surface area contributed by atoms with Crippen molar-refractivity contribution in [2.24, 2.45) is 0 Å². The number of rotatable bonds is 5. The maximum absolute atomic E-state index is 12.2. The first-order valence-corrected chi connectivity index (χ1v) is 11.0. The predicted molar refractivity (Wildman–Crippen MR) is 122 cm³/mol. The number of nitrogens with one attached hydrogen (secondary N) is 1. The Morgan fingerprint density at radius 1 is 0.968 bits per heavy atom. The van der Waals surface area contributed by atoms with Crippen LogP contribution in [0.1, 0.15) is 0 Å². The summed E-state index contributed by atoms with van der Waals surface area (Å²) in [6.07, 6.45) is 0. The number of para-hydroxylation sites is 1. The molecule has 4 aromatic rings. The molecule has 156 valence electrons. The van der Waals surface area contributed by atoms with Crippen LogP contribution < -0.4 is 10.2 Å². The monoisotopic (exact) mass is 431 g/mol. The number of carbonyl (C=O) groups excluding carboxylic acids is 1. The van der Waals surface area contributed by atoms with Crippen LogP contribution in [0.2, 0.25) is 0 Å². The minimum Gasteiger partial charge on any atom is -0.338 e. The highest BCUT2D eigenvalue weighted by atomic mass is 32.1. The van der Waals surface area contributed by atoms with E-state index in [1.807, 2.05) is 36.4 Å². The molecule has 9 heteroatoms. The second-order valence-electron chi connectivity index (χ2n) is 7.31. The summed E-state index contributed by atoms with van der Waals surface area (Å²) in [6, 6.07) is 18.3. The van der Waals surface area contributed by atoms with Gasteiger partial charge >= 0.3 is 0 Å². The van der Waals surface area contributed by atoms with Crippen LogP contribution in [0.15, 0.2) is 60.1 Å². The van der Waals surface area contributed by atoms with E-state index in [1.165, 1.54) is 11.3 Å². The fraction of sp³-hybridized carbons (Fsp3) is 0.227. The first kappa shape index (κ1) is 19.5. The lowest BCUT2D eigenvalue weighted by Gasteiger charge is -2.34. The highest BCUT2D eigenvalue weighted by molar-refractivity contribution is 7.13. The van der Waals surface area contributed by atoms with Crippen molar-refractivity contribution in [2.75, 3.05) is 42.9 Å². The van der Waals surface area contributed by atoms with Crippen molar-refractivity contribution in [3.05, 3.63) is 60.1 Å². The van der Waals surface area contributed by atoms with E-state index in [2.05, 4.69) is 43.5 Å². The Bertz CT molecular complexity index is 1180. The Labute approximate surface area is 183 Å². The molecule has 2 aromatic carbocycles. The van der Waals surface area contributed by atoms with Gasteiger partial charge in [0.2, 0.25) is 17.0 Å². The van der Waals surface area contributed by atoms with Gasteiger partial charge in [-0.15, -0.1) is 10.2 Å². The predicted octanol–water partition coefficient (Wildman–Crippen LogP) is 2.91. The van der Waals surface area contributed by atoms with Gasteiger partial charge in [-0.3, -0.25) is 15.0 Å². The van der Waals surface area contributed by atoms with Crippen molar-refractivity contribution < 1.29 is 4.79 Å². The average Bonchev–Trinajstić information content (AvgIpc) is 3.32. The molecule has 0 atom stereocenters. The van der Waals surface area contributed by atoms with Crippen molar-refractivity contribution in [3.8, 4) is 11.3 Å². The minimum atomic E-state index is -0.0708. The molecule has 0 bridgehead atoms. The van der Waals surface area contributed by atoms with Crippen molar-refractivity contribution in [2.45, 2.75) is 0 Å². The molecule has 1 aliphatic heterocycles. The lowest BCUT2D eigenvalue weighted by Crippen LogP contribution is -2.49. The van der Waals surface area contributed by atoms with Gasteiger partial charge in [0, 0.05) is 37.1 Å². The lowest BCUT2D eigenvalue weighted by molar-refractivity contribution is -0.117. The number of fused-ring (bicyclic) bond motifs is 1. The zero-order chi connectivity index (χ0) is 21.0. The molecule has 8 nitrogen and oxygen atoms in total. The van der Waals surface area contributed by atoms with E-state index in [0.717, 1.165) is 54.3 Å². The highest BCUT2D eigenvalue weighted by Gasteiger charge is 2.22. The van der Waals surface area contributed by atoms with Gasteiger partial charge in [0.05, 0.1) is 17.8 Å². The van der Waals surface area contributed by atoms with Gasteiger partial charge in [-0.1, -0.05) is 59.9 Å². The Morgan fingerprint density at radius 2 is 1.74 bits per heavy atom. The van der Waals surface area contributed by atoms with E-state index in [0.29, 0.717) is 11.7 Å². The third-order valence-corrected chi connectivity index (χ3v) is 5.87. The van der Waals surface area contributed by atoms with Crippen LogP contribution in [-0.4, -0.2) is 63.7 Å². The van der Waals surface area contributed by atoms with Crippen LogP contribution >= 0.6 is 11.3 Å². The third-order valence-electron chi connectivity index (χ3n) is 5.27. The van der Waals surface area contributed by atoms with E-state index in [9.17, 15) is 4.79 Å². The maximum atomic E-state index is 12.2. The average molecular weight is 432 g/mol. The Balaban J connectivity index is 1.31. The summed E-state index contributed by atoms with van der Waals surface area (Å²) in [5.41, 5.74) is 4.56. The first-order chi connectivity index (χ1) is 15.3. The molecule has 0 unspecified atom stereocenters. The largest absolute Gasteiger partial charge is 0.338 e. The summed E-state index contributed by atoms with van der Waals surface area (Å²) in [6.45, 7) is 3.39. The molecule has 1 amide bonds. The summed E-state index contributed by atoms with van der Waals surface area (Å²) < 4.78 is 0. The summed E-state index contributed by atoms with van der Waals surface area (Å²) in [5, 5.41) is 11.9. The summed E-state index contributed by atoms with van der Waals surface area (Å²) in [7, 11) is 0. The van der Waals surface area contributed by atoms with Crippen LogP contribution in [0.25, 0.3) is 22.2 Å². The van der Waals surface area contributed by atoms with E-state index in [4.69, 9.17) is 9.97 Å². The lowest BCUT2D eigenvalue weighted by atomic mass is 10.1. The molecule has 3 heterocycles. The number of hydrogen-bond acceptors (Lipinski definition) is 8. The molecule has 1 saturated heterocycles. The van der Waals surface area contributed by atoms with E-state index >= 15 is 0 Å². The van der Waals surface area contributed by atoms with Crippen molar-refractivity contribution in [1.82, 2.24) is 25.1 Å². The highest BCUT2D eigenvalue weighted by Crippen LogP contribution is 2.28. The topological polar surface area (TPSA) is 87.1 Å². The minimum absolute atomic E-state index is 0.0708. The Kier molecular flexibility index (Phi) is 5.51. The molecule has 5 rings (SSSR count). The van der Waals surface area contributed by atoms with Crippen molar-refractivity contribution in [1.29, 1.82) is 0 Å². The Hall–Kier alpha value is -3.43. The van der Waals surface area contributed by atoms with E-state index in [-0.39, 0.29) is 5.91 Å².